The molecule has 2 aromatic rings. The van der Waals surface area contributed by atoms with Crippen molar-refractivity contribution in [2.75, 3.05) is 0 Å². The molecule has 0 spiro atoms. The Hall–Kier alpha value is -1.57. The van der Waals surface area contributed by atoms with Crippen LogP contribution >= 0.6 is 0 Å². The van der Waals surface area contributed by atoms with Crippen molar-refractivity contribution in [3.63, 3.8) is 0 Å². The van der Waals surface area contributed by atoms with Crippen LogP contribution in [0.15, 0.2) is 42.6 Å². The van der Waals surface area contributed by atoms with Crippen molar-refractivity contribution in [1.82, 2.24) is 9.78 Å². The fourth-order valence-corrected chi connectivity index (χ4v) is 1.81. The van der Waals surface area contributed by atoms with Crippen LogP contribution in [-0.2, 0) is 19.4 Å². The van der Waals surface area contributed by atoms with Crippen LogP contribution in [0.4, 0.5) is 0 Å². The predicted octanol–water partition coefficient (Wildman–Crippen LogP) is 3.08. The van der Waals surface area contributed by atoms with Crippen LogP contribution in [-0.4, -0.2) is 9.78 Å². The SMILES string of the molecule is CCc1ccn(CCCc2ccccc2)n1. The minimum atomic E-state index is 1.01. The highest BCUT2D eigenvalue weighted by Crippen LogP contribution is 2.04. The molecule has 2 rings (SSSR count). The molecule has 0 bridgehead atoms. The second-order valence-corrected chi connectivity index (χ2v) is 4.01. The molecule has 1 aromatic heterocycles. The van der Waals surface area contributed by atoms with Crippen molar-refractivity contribution in [2.24, 2.45) is 0 Å². The third-order valence-corrected chi connectivity index (χ3v) is 2.75. The third kappa shape index (κ3) is 2.96. The molecule has 2 heteroatoms. The van der Waals surface area contributed by atoms with E-state index in [1.165, 1.54) is 11.3 Å². The van der Waals surface area contributed by atoms with E-state index in [-0.39, 0.29) is 0 Å². The number of hydrogen-bond acceptors (Lipinski definition) is 1. The van der Waals surface area contributed by atoms with Crippen LogP contribution in [0.25, 0.3) is 0 Å². The molecule has 0 saturated heterocycles. The molecule has 1 aromatic carbocycles. The van der Waals surface area contributed by atoms with E-state index in [0.717, 1.165) is 25.8 Å². The summed E-state index contributed by atoms with van der Waals surface area (Å²) in [5, 5.41) is 4.48. The topological polar surface area (TPSA) is 17.8 Å². The molecule has 0 saturated carbocycles. The second kappa shape index (κ2) is 5.50. The fourth-order valence-electron chi connectivity index (χ4n) is 1.81. The molecule has 2 nitrogen and oxygen atoms in total. The Morgan fingerprint density at radius 3 is 2.62 bits per heavy atom. The number of aromatic nitrogens is 2. The minimum Gasteiger partial charge on any atom is -0.272 e. The molecule has 0 N–H and O–H groups in total. The van der Waals surface area contributed by atoms with E-state index >= 15 is 0 Å². The van der Waals surface area contributed by atoms with Gasteiger partial charge in [-0.3, -0.25) is 4.68 Å². The summed E-state index contributed by atoms with van der Waals surface area (Å²) in [4.78, 5) is 0. The van der Waals surface area contributed by atoms with Crippen LogP contribution in [0.3, 0.4) is 0 Å². The maximum absolute atomic E-state index is 4.48. The van der Waals surface area contributed by atoms with Gasteiger partial charge in [-0.25, -0.2) is 0 Å². The number of rotatable bonds is 5. The van der Waals surface area contributed by atoms with Gasteiger partial charge in [0.15, 0.2) is 0 Å². The smallest absolute Gasteiger partial charge is 0.0621 e. The van der Waals surface area contributed by atoms with Gasteiger partial charge in [0.2, 0.25) is 0 Å². The summed E-state index contributed by atoms with van der Waals surface area (Å²) in [7, 11) is 0. The lowest BCUT2D eigenvalue weighted by molar-refractivity contribution is 0.572. The zero-order valence-corrected chi connectivity index (χ0v) is 9.76. The van der Waals surface area contributed by atoms with Gasteiger partial charge in [0.05, 0.1) is 5.69 Å². The van der Waals surface area contributed by atoms with Crippen molar-refractivity contribution in [2.45, 2.75) is 32.7 Å². The summed E-state index contributed by atoms with van der Waals surface area (Å²) >= 11 is 0. The number of nitrogens with zero attached hydrogens (tertiary/aromatic N) is 2. The van der Waals surface area contributed by atoms with Gasteiger partial charge in [0.1, 0.15) is 0 Å². The van der Waals surface area contributed by atoms with Gasteiger partial charge in [-0.15, -0.1) is 0 Å². The normalized spacial score (nSPS) is 10.6. The Labute approximate surface area is 96.9 Å². The average molecular weight is 214 g/mol. The summed E-state index contributed by atoms with van der Waals surface area (Å²) in [6.45, 7) is 3.14. The van der Waals surface area contributed by atoms with Crippen molar-refractivity contribution in [1.29, 1.82) is 0 Å². The molecule has 1 heterocycles. The van der Waals surface area contributed by atoms with E-state index in [1.807, 2.05) is 4.68 Å². The summed E-state index contributed by atoms with van der Waals surface area (Å²) in [5.41, 5.74) is 2.59. The van der Waals surface area contributed by atoms with E-state index < -0.39 is 0 Å². The summed E-state index contributed by atoms with van der Waals surface area (Å²) < 4.78 is 2.04. The Morgan fingerprint density at radius 2 is 1.94 bits per heavy atom. The van der Waals surface area contributed by atoms with Crippen LogP contribution in [0.2, 0.25) is 0 Å². The molecule has 0 radical (unpaired) electrons. The molecular formula is C14H18N2. The predicted molar refractivity (Wildman–Crippen MR) is 66.4 cm³/mol. The van der Waals surface area contributed by atoms with Crippen molar-refractivity contribution in [3.8, 4) is 0 Å². The quantitative estimate of drug-likeness (QED) is 0.748. The lowest BCUT2D eigenvalue weighted by atomic mass is 10.1. The van der Waals surface area contributed by atoms with Crippen LogP contribution < -0.4 is 0 Å². The first-order valence-corrected chi connectivity index (χ1v) is 5.94. The Bertz CT molecular complexity index is 417. The van der Waals surface area contributed by atoms with E-state index in [1.54, 1.807) is 0 Å². The first-order valence-electron chi connectivity index (χ1n) is 5.94. The van der Waals surface area contributed by atoms with Crippen molar-refractivity contribution in [3.05, 3.63) is 53.9 Å². The third-order valence-electron chi connectivity index (χ3n) is 2.75. The van der Waals surface area contributed by atoms with Crippen LogP contribution in [0.1, 0.15) is 24.6 Å². The molecule has 16 heavy (non-hydrogen) atoms. The van der Waals surface area contributed by atoms with E-state index in [2.05, 4.69) is 54.6 Å². The molecule has 0 amide bonds. The van der Waals surface area contributed by atoms with Gasteiger partial charge in [-0.05, 0) is 30.9 Å². The second-order valence-electron chi connectivity index (χ2n) is 4.01. The van der Waals surface area contributed by atoms with Crippen LogP contribution in [0, 0.1) is 0 Å². The lowest BCUT2D eigenvalue weighted by Crippen LogP contribution is -2.00. The van der Waals surface area contributed by atoms with E-state index in [9.17, 15) is 0 Å². The monoisotopic (exact) mass is 214 g/mol. The highest BCUT2D eigenvalue weighted by atomic mass is 15.3. The number of benzene rings is 1. The summed E-state index contributed by atoms with van der Waals surface area (Å²) in [6, 6.07) is 12.7. The fraction of sp³-hybridized carbons (Fsp3) is 0.357. The Kier molecular flexibility index (Phi) is 3.76. The molecular weight excluding hydrogens is 196 g/mol. The van der Waals surface area contributed by atoms with E-state index in [0.29, 0.717) is 0 Å². The van der Waals surface area contributed by atoms with Gasteiger partial charge >= 0.3 is 0 Å². The standard InChI is InChI=1S/C14H18N2/c1-2-14-10-12-16(15-14)11-6-9-13-7-4-3-5-8-13/h3-5,7-8,10,12H,2,6,9,11H2,1H3. The van der Waals surface area contributed by atoms with Crippen molar-refractivity contribution >= 4 is 0 Å². The number of hydrogen-bond donors (Lipinski definition) is 0. The van der Waals surface area contributed by atoms with Gasteiger partial charge in [-0.1, -0.05) is 37.3 Å². The average Bonchev–Trinajstić information content (AvgIpc) is 2.78. The van der Waals surface area contributed by atoms with Crippen molar-refractivity contribution < 1.29 is 0 Å². The lowest BCUT2D eigenvalue weighted by Gasteiger charge is -2.02. The molecule has 0 atom stereocenters. The van der Waals surface area contributed by atoms with Gasteiger partial charge in [0.25, 0.3) is 0 Å². The molecule has 0 fully saturated rings. The Balaban J connectivity index is 1.80. The Morgan fingerprint density at radius 1 is 1.12 bits per heavy atom. The first kappa shape index (κ1) is 10.9. The van der Waals surface area contributed by atoms with Crippen LogP contribution in [0.5, 0.6) is 0 Å². The minimum absolute atomic E-state index is 1.01. The summed E-state index contributed by atoms with van der Waals surface area (Å²) in [5.74, 6) is 0. The molecule has 0 aliphatic carbocycles. The van der Waals surface area contributed by atoms with E-state index in [4.69, 9.17) is 0 Å². The van der Waals surface area contributed by atoms with Gasteiger partial charge in [-0.2, -0.15) is 5.10 Å². The maximum Gasteiger partial charge on any atom is 0.0621 e. The molecule has 0 aliphatic heterocycles. The highest BCUT2D eigenvalue weighted by molar-refractivity contribution is 5.14. The highest BCUT2D eigenvalue weighted by Gasteiger charge is 1.97. The largest absolute Gasteiger partial charge is 0.272 e. The zero-order valence-electron chi connectivity index (χ0n) is 9.76. The number of aryl methyl sites for hydroxylation is 3. The summed E-state index contributed by atoms with van der Waals surface area (Å²) in [6.07, 6.45) is 5.37. The zero-order chi connectivity index (χ0) is 11.2. The maximum atomic E-state index is 4.48. The molecule has 0 aliphatic rings. The molecule has 0 unspecified atom stereocenters. The first-order chi connectivity index (χ1) is 7.88. The molecule has 84 valence electrons. The van der Waals surface area contributed by atoms with Gasteiger partial charge < -0.3 is 0 Å². The van der Waals surface area contributed by atoms with Gasteiger partial charge in [0, 0.05) is 12.7 Å².